The molecule has 3 aromatic carbocycles. The lowest BCUT2D eigenvalue weighted by Gasteiger charge is -2.20. The third kappa shape index (κ3) is 5.58. The molecule has 1 heterocycles. The second-order valence-electron chi connectivity index (χ2n) is 9.57. The Hall–Kier alpha value is -3.70. The molecule has 1 N–H and O–H groups in total. The molecule has 1 aliphatic heterocycles. The Bertz CT molecular complexity index is 1200. The molecule has 5 atom stereocenters. The zero-order valence-corrected chi connectivity index (χ0v) is 20.0. The Morgan fingerprint density at radius 2 is 1.64 bits per heavy atom. The number of hydrogen-bond donors (Lipinski definition) is 1. The van der Waals surface area contributed by atoms with Crippen LogP contribution < -0.4 is 0 Å². The molecule has 5 rings (SSSR count). The van der Waals surface area contributed by atoms with Crippen LogP contribution in [0.5, 0.6) is 0 Å². The number of carbonyl (C=O) groups excluding carboxylic acids is 2. The second kappa shape index (κ2) is 10.9. The van der Waals surface area contributed by atoms with E-state index in [2.05, 4.69) is 0 Å². The van der Waals surface area contributed by atoms with Gasteiger partial charge in [0.25, 0.3) is 0 Å². The highest BCUT2D eigenvalue weighted by Crippen LogP contribution is 2.43. The van der Waals surface area contributed by atoms with Gasteiger partial charge < -0.3 is 14.6 Å². The van der Waals surface area contributed by atoms with Crippen molar-refractivity contribution in [1.82, 2.24) is 0 Å². The van der Waals surface area contributed by atoms with Gasteiger partial charge in [0.2, 0.25) is 0 Å². The summed E-state index contributed by atoms with van der Waals surface area (Å²) < 4.78 is 11.4. The minimum atomic E-state index is -0.621. The van der Waals surface area contributed by atoms with Crippen LogP contribution in [0.2, 0.25) is 0 Å². The molecule has 184 valence electrons. The number of carbonyl (C=O) groups is 2. The fraction of sp³-hybridized carbons (Fsp3) is 0.290. The first-order valence-corrected chi connectivity index (χ1v) is 12.5. The average Bonchev–Trinajstić information content (AvgIpc) is 3.42. The largest absolute Gasteiger partial charge is 0.462 e. The van der Waals surface area contributed by atoms with Crippen molar-refractivity contribution in [2.45, 2.75) is 44.0 Å². The zero-order chi connectivity index (χ0) is 24.9. The maximum absolute atomic E-state index is 13.0. The van der Waals surface area contributed by atoms with E-state index in [0.717, 1.165) is 17.5 Å². The van der Waals surface area contributed by atoms with E-state index in [0.29, 0.717) is 24.8 Å². The molecule has 1 aliphatic carbocycles. The van der Waals surface area contributed by atoms with E-state index in [1.54, 1.807) is 18.2 Å². The minimum absolute atomic E-state index is 0.0478. The highest BCUT2D eigenvalue weighted by atomic mass is 16.6. The van der Waals surface area contributed by atoms with E-state index in [4.69, 9.17) is 9.47 Å². The lowest BCUT2D eigenvalue weighted by Crippen LogP contribution is -2.25. The number of rotatable bonds is 8. The van der Waals surface area contributed by atoms with Gasteiger partial charge in [-0.3, -0.25) is 4.79 Å². The standard InChI is InChI=1S/C31H30O5/c32-25(16-11-21-7-3-1-4-8-21)17-18-26-27-19-30(33)35-29(27)20-28(26)36-31(34)24-14-12-23(13-15-24)22-9-5-2-6-10-22/h1-10,12-15,17-18,25-29,32H,11,16,19-20H2/b18-17+/t25-,26+,27+,28?,29-/m0/s1. The van der Waals surface area contributed by atoms with Crippen molar-refractivity contribution in [3.05, 3.63) is 108 Å². The number of ether oxygens (including phenoxy) is 2. The fourth-order valence-corrected chi connectivity index (χ4v) is 5.24. The number of hydrogen-bond acceptors (Lipinski definition) is 5. The summed E-state index contributed by atoms with van der Waals surface area (Å²) in [5.74, 6) is -0.836. The zero-order valence-electron chi connectivity index (χ0n) is 20.0. The van der Waals surface area contributed by atoms with Gasteiger partial charge in [-0.25, -0.2) is 4.79 Å². The van der Waals surface area contributed by atoms with Gasteiger partial charge in [-0.05, 0) is 41.7 Å². The Labute approximate surface area is 211 Å². The van der Waals surface area contributed by atoms with Crippen LogP contribution in [-0.4, -0.2) is 35.4 Å². The lowest BCUT2D eigenvalue weighted by molar-refractivity contribution is -0.141. The summed E-state index contributed by atoms with van der Waals surface area (Å²) in [5.41, 5.74) is 3.76. The minimum Gasteiger partial charge on any atom is -0.462 e. The predicted octanol–water partition coefficient (Wildman–Crippen LogP) is 5.38. The molecule has 3 aromatic rings. The van der Waals surface area contributed by atoms with Crippen LogP contribution in [0, 0.1) is 11.8 Å². The van der Waals surface area contributed by atoms with Crippen LogP contribution in [0.25, 0.3) is 11.1 Å². The van der Waals surface area contributed by atoms with Crippen molar-refractivity contribution >= 4 is 11.9 Å². The van der Waals surface area contributed by atoms with E-state index in [-0.39, 0.29) is 23.9 Å². The highest BCUT2D eigenvalue weighted by Gasteiger charge is 2.50. The maximum atomic E-state index is 13.0. The molecule has 0 amide bonds. The first kappa shape index (κ1) is 24.0. The Morgan fingerprint density at radius 1 is 0.972 bits per heavy atom. The van der Waals surface area contributed by atoms with Gasteiger partial charge in [-0.2, -0.15) is 0 Å². The van der Waals surface area contributed by atoms with Crippen molar-refractivity contribution in [3.8, 4) is 11.1 Å². The van der Waals surface area contributed by atoms with Gasteiger partial charge in [-0.1, -0.05) is 84.9 Å². The van der Waals surface area contributed by atoms with Crippen molar-refractivity contribution < 1.29 is 24.2 Å². The molecule has 2 aliphatic rings. The molecular weight excluding hydrogens is 452 g/mol. The highest BCUT2D eigenvalue weighted by molar-refractivity contribution is 5.90. The summed E-state index contributed by atoms with van der Waals surface area (Å²) in [7, 11) is 0. The monoisotopic (exact) mass is 482 g/mol. The number of aryl methyl sites for hydroxylation is 1. The third-order valence-corrected chi connectivity index (χ3v) is 7.16. The number of esters is 2. The normalized spacial score (nSPS) is 23.9. The number of benzene rings is 3. The molecule has 1 saturated carbocycles. The SMILES string of the molecule is O=C1C[C@H]2[C@H](CC(OC(=O)c3ccc(-c4ccccc4)cc3)[C@@H]2/C=C/[C@@H](O)CCc2ccccc2)O1. The molecule has 5 nitrogen and oxygen atoms in total. The molecule has 36 heavy (non-hydrogen) atoms. The van der Waals surface area contributed by atoms with Crippen LogP contribution in [-0.2, 0) is 20.7 Å². The van der Waals surface area contributed by atoms with E-state index < -0.39 is 18.2 Å². The van der Waals surface area contributed by atoms with Crippen LogP contribution in [0.15, 0.2) is 97.1 Å². The fourth-order valence-electron chi connectivity index (χ4n) is 5.24. The molecule has 5 heteroatoms. The number of fused-ring (bicyclic) bond motifs is 1. The van der Waals surface area contributed by atoms with E-state index in [1.165, 1.54) is 5.56 Å². The second-order valence-corrected chi connectivity index (χ2v) is 9.57. The summed E-state index contributed by atoms with van der Waals surface area (Å²) in [6.07, 6.45) is 4.53. The maximum Gasteiger partial charge on any atom is 0.338 e. The van der Waals surface area contributed by atoms with E-state index in [1.807, 2.05) is 78.9 Å². The topological polar surface area (TPSA) is 72.8 Å². The van der Waals surface area contributed by atoms with Crippen molar-refractivity contribution in [1.29, 1.82) is 0 Å². The Kier molecular flexibility index (Phi) is 7.28. The summed E-state index contributed by atoms with van der Waals surface area (Å²) in [6.45, 7) is 0. The molecule has 0 radical (unpaired) electrons. The predicted molar refractivity (Wildman–Crippen MR) is 137 cm³/mol. The van der Waals surface area contributed by atoms with Gasteiger partial charge in [0.05, 0.1) is 18.1 Å². The summed E-state index contributed by atoms with van der Waals surface area (Å²) >= 11 is 0. The van der Waals surface area contributed by atoms with Crippen LogP contribution in [0.1, 0.15) is 35.2 Å². The molecule has 1 saturated heterocycles. The summed E-state index contributed by atoms with van der Waals surface area (Å²) in [6, 6.07) is 27.4. The first-order valence-electron chi connectivity index (χ1n) is 12.5. The first-order chi connectivity index (χ1) is 17.6. The van der Waals surface area contributed by atoms with Gasteiger partial charge in [0.1, 0.15) is 12.2 Å². The van der Waals surface area contributed by atoms with E-state index >= 15 is 0 Å². The molecule has 0 spiro atoms. The van der Waals surface area contributed by atoms with Gasteiger partial charge in [0, 0.05) is 18.3 Å². The number of aliphatic hydroxyl groups is 1. The quantitative estimate of drug-likeness (QED) is 0.345. The van der Waals surface area contributed by atoms with Gasteiger partial charge in [0.15, 0.2) is 0 Å². The van der Waals surface area contributed by atoms with Gasteiger partial charge in [-0.15, -0.1) is 0 Å². The average molecular weight is 483 g/mol. The third-order valence-electron chi connectivity index (χ3n) is 7.16. The Balaban J connectivity index is 1.24. The van der Waals surface area contributed by atoms with Crippen molar-refractivity contribution in [2.24, 2.45) is 11.8 Å². The Morgan fingerprint density at radius 3 is 2.36 bits per heavy atom. The molecule has 1 unspecified atom stereocenters. The van der Waals surface area contributed by atoms with Crippen molar-refractivity contribution in [2.75, 3.05) is 0 Å². The van der Waals surface area contributed by atoms with Crippen molar-refractivity contribution in [3.63, 3.8) is 0 Å². The van der Waals surface area contributed by atoms with Crippen LogP contribution in [0.3, 0.4) is 0 Å². The molecule has 0 bridgehead atoms. The molecule has 2 fully saturated rings. The van der Waals surface area contributed by atoms with Crippen LogP contribution in [0.4, 0.5) is 0 Å². The summed E-state index contributed by atoms with van der Waals surface area (Å²) in [4.78, 5) is 24.9. The van der Waals surface area contributed by atoms with Crippen LogP contribution >= 0.6 is 0 Å². The van der Waals surface area contributed by atoms with Gasteiger partial charge >= 0.3 is 11.9 Å². The van der Waals surface area contributed by atoms with E-state index in [9.17, 15) is 14.7 Å². The smallest absolute Gasteiger partial charge is 0.338 e. The molecular formula is C31H30O5. The number of aliphatic hydroxyl groups excluding tert-OH is 1. The molecule has 0 aromatic heterocycles. The summed E-state index contributed by atoms with van der Waals surface area (Å²) in [5, 5.41) is 10.5. The lowest BCUT2D eigenvalue weighted by atomic mass is 9.91.